The van der Waals surface area contributed by atoms with E-state index in [1.165, 1.54) is 12.3 Å². The van der Waals surface area contributed by atoms with E-state index in [2.05, 4.69) is 27.1 Å². The second kappa shape index (κ2) is 10.1. The highest BCUT2D eigenvalue weighted by Gasteiger charge is 2.31. The fraction of sp³-hybridized carbons (Fsp3) is 0.0435. The van der Waals surface area contributed by atoms with Gasteiger partial charge in [0.15, 0.2) is 11.8 Å². The summed E-state index contributed by atoms with van der Waals surface area (Å²) in [6, 6.07) is 12.3. The number of hydrogen-bond donors (Lipinski definition) is 3. The van der Waals surface area contributed by atoms with E-state index >= 15 is 0 Å². The Kier molecular flexibility index (Phi) is 7.18. The molecular formula is C23H15ClF3N5O2. The van der Waals surface area contributed by atoms with Crippen molar-refractivity contribution in [3.05, 3.63) is 93.6 Å². The van der Waals surface area contributed by atoms with Crippen molar-refractivity contribution in [3.63, 3.8) is 0 Å². The third-order valence-electron chi connectivity index (χ3n) is 4.20. The second-order valence-electron chi connectivity index (χ2n) is 6.76. The Labute approximate surface area is 196 Å². The molecule has 0 bridgehead atoms. The molecule has 1 aromatic heterocycles. The van der Waals surface area contributed by atoms with Crippen LogP contribution in [-0.4, -0.2) is 22.8 Å². The number of hydrogen-bond acceptors (Lipinski definition) is 3. The van der Waals surface area contributed by atoms with Gasteiger partial charge in [-0.15, -0.1) is 0 Å². The van der Waals surface area contributed by atoms with Crippen LogP contribution in [0.25, 0.3) is 0 Å². The number of nitrogens with one attached hydrogen (secondary N) is 1. The van der Waals surface area contributed by atoms with Gasteiger partial charge in [-0.05, 0) is 36.4 Å². The average molecular weight is 486 g/mol. The highest BCUT2D eigenvalue weighted by Crippen LogP contribution is 2.31. The minimum Gasteiger partial charge on any atom is -0.370 e. The molecule has 7 nitrogen and oxygen atoms in total. The van der Waals surface area contributed by atoms with Crippen molar-refractivity contribution in [1.29, 1.82) is 0 Å². The maximum Gasteiger partial charge on any atom is 0.416 e. The van der Waals surface area contributed by atoms with E-state index in [0.717, 1.165) is 12.1 Å². The molecule has 2 amide bonds. The van der Waals surface area contributed by atoms with Crippen molar-refractivity contribution in [2.24, 2.45) is 16.5 Å². The van der Waals surface area contributed by atoms with Crippen molar-refractivity contribution in [1.82, 2.24) is 4.98 Å². The van der Waals surface area contributed by atoms with Crippen LogP contribution in [0.1, 0.15) is 37.4 Å². The monoisotopic (exact) mass is 485 g/mol. The molecule has 0 atom stereocenters. The number of halogens is 4. The molecule has 0 aliphatic rings. The summed E-state index contributed by atoms with van der Waals surface area (Å²) in [5.74, 6) is 3.20. The Morgan fingerprint density at radius 1 is 0.971 bits per heavy atom. The Balaban J connectivity index is 1.88. The summed E-state index contributed by atoms with van der Waals surface area (Å²) in [6.07, 6.45) is -3.44. The number of carbonyl (C=O) groups excluding carboxylic acids is 2. The van der Waals surface area contributed by atoms with Gasteiger partial charge in [0.05, 0.1) is 10.6 Å². The summed E-state index contributed by atoms with van der Waals surface area (Å²) in [6.45, 7) is 0. The number of pyridine rings is 1. The van der Waals surface area contributed by atoms with Gasteiger partial charge in [0.2, 0.25) is 0 Å². The van der Waals surface area contributed by atoms with Crippen LogP contribution in [0.3, 0.4) is 0 Å². The third kappa shape index (κ3) is 6.34. The number of amides is 2. The van der Waals surface area contributed by atoms with E-state index in [0.29, 0.717) is 11.6 Å². The molecule has 34 heavy (non-hydrogen) atoms. The van der Waals surface area contributed by atoms with Gasteiger partial charge in [-0.1, -0.05) is 41.6 Å². The molecule has 0 saturated carbocycles. The minimum absolute atomic E-state index is 0.0729. The van der Waals surface area contributed by atoms with Crippen LogP contribution >= 0.6 is 11.6 Å². The fourth-order valence-electron chi connectivity index (χ4n) is 2.68. The topological polar surface area (TPSA) is 123 Å². The molecule has 172 valence electrons. The standard InChI is InChI=1S/C23H15ClF3N5O2/c24-18-10-14(12-30-19(18)31-20(33)15-4-2-1-3-5-15)7-6-13-8-16(21(34)32-22(28)29)11-17(9-13)23(25,26)27/h1-5,8-12H,(H,30,31,33)(H4,28,29,32,34). The highest BCUT2D eigenvalue weighted by atomic mass is 35.5. The van der Waals surface area contributed by atoms with E-state index < -0.39 is 29.5 Å². The summed E-state index contributed by atoms with van der Waals surface area (Å²) < 4.78 is 39.8. The van der Waals surface area contributed by atoms with Crippen LogP contribution in [0, 0.1) is 11.8 Å². The fourth-order valence-corrected chi connectivity index (χ4v) is 2.89. The van der Waals surface area contributed by atoms with Crippen molar-refractivity contribution in [2.75, 3.05) is 5.32 Å². The predicted molar refractivity (Wildman–Crippen MR) is 121 cm³/mol. The van der Waals surface area contributed by atoms with E-state index in [4.69, 9.17) is 23.1 Å². The van der Waals surface area contributed by atoms with Gasteiger partial charge in [0, 0.05) is 28.5 Å². The van der Waals surface area contributed by atoms with Gasteiger partial charge in [-0.25, -0.2) is 4.98 Å². The van der Waals surface area contributed by atoms with Gasteiger partial charge in [-0.2, -0.15) is 18.2 Å². The number of carbonyl (C=O) groups is 2. The summed E-state index contributed by atoms with van der Waals surface area (Å²) in [5.41, 5.74) is 9.33. The zero-order chi connectivity index (χ0) is 24.9. The molecule has 0 fully saturated rings. The number of benzene rings is 2. The number of aliphatic imine (C=N–C) groups is 1. The summed E-state index contributed by atoms with van der Waals surface area (Å²) in [5, 5.41) is 2.63. The lowest BCUT2D eigenvalue weighted by atomic mass is 10.0. The van der Waals surface area contributed by atoms with Crippen LogP contribution < -0.4 is 16.8 Å². The van der Waals surface area contributed by atoms with Crippen LogP contribution in [0.4, 0.5) is 19.0 Å². The number of anilines is 1. The van der Waals surface area contributed by atoms with Gasteiger partial charge >= 0.3 is 6.18 Å². The molecular weight excluding hydrogens is 471 g/mol. The molecule has 3 rings (SSSR count). The van der Waals surface area contributed by atoms with Crippen LogP contribution in [0.2, 0.25) is 5.02 Å². The first-order valence-electron chi connectivity index (χ1n) is 9.43. The van der Waals surface area contributed by atoms with Gasteiger partial charge in [0.1, 0.15) is 0 Å². The van der Waals surface area contributed by atoms with E-state index in [9.17, 15) is 22.8 Å². The largest absolute Gasteiger partial charge is 0.416 e. The first-order chi connectivity index (χ1) is 16.0. The summed E-state index contributed by atoms with van der Waals surface area (Å²) >= 11 is 6.17. The van der Waals surface area contributed by atoms with E-state index in [1.54, 1.807) is 30.3 Å². The van der Waals surface area contributed by atoms with Crippen LogP contribution in [-0.2, 0) is 6.18 Å². The molecule has 0 saturated heterocycles. The SMILES string of the molecule is NC(N)=NC(=O)c1cc(C#Cc2cnc(NC(=O)c3ccccc3)c(Cl)c2)cc(C(F)(F)F)c1. The Bertz CT molecular complexity index is 1340. The first-order valence-corrected chi connectivity index (χ1v) is 9.81. The molecule has 2 aromatic carbocycles. The lowest BCUT2D eigenvalue weighted by Crippen LogP contribution is -2.24. The summed E-state index contributed by atoms with van der Waals surface area (Å²) in [7, 11) is 0. The van der Waals surface area contributed by atoms with Crippen molar-refractivity contribution >= 4 is 35.2 Å². The zero-order valence-electron chi connectivity index (χ0n) is 17.2. The van der Waals surface area contributed by atoms with Crippen LogP contribution in [0.15, 0.2) is 65.8 Å². The minimum atomic E-state index is -4.73. The second-order valence-corrected chi connectivity index (χ2v) is 7.17. The first kappa shape index (κ1) is 24.3. The average Bonchev–Trinajstić information content (AvgIpc) is 2.78. The van der Waals surface area contributed by atoms with Crippen molar-refractivity contribution in [3.8, 4) is 11.8 Å². The Morgan fingerprint density at radius 3 is 2.26 bits per heavy atom. The maximum atomic E-state index is 13.3. The zero-order valence-corrected chi connectivity index (χ0v) is 17.9. The van der Waals surface area contributed by atoms with E-state index in [1.807, 2.05) is 0 Å². The van der Waals surface area contributed by atoms with Crippen LogP contribution in [0.5, 0.6) is 0 Å². The Morgan fingerprint density at radius 2 is 1.65 bits per heavy atom. The maximum absolute atomic E-state index is 13.3. The lowest BCUT2D eigenvalue weighted by molar-refractivity contribution is -0.137. The molecule has 1 heterocycles. The lowest BCUT2D eigenvalue weighted by Gasteiger charge is -2.08. The molecule has 0 aliphatic heterocycles. The number of nitrogens with two attached hydrogens (primary N) is 2. The number of guanidine groups is 1. The highest BCUT2D eigenvalue weighted by molar-refractivity contribution is 6.33. The smallest absolute Gasteiger partial charge is 0.370 e. The van der Waals surface area contributed by atoms with E-state index in [-0.39, 0.29) is 27.5 Å². The van der Waals surface area contributed by atoms with Crippen molar-refractivity contribution in [2.45, 2.75) is 6.18 Å². The van der Waals surface area contributed by atoms with Crippen molar-refractivity contribution < 1.29 is 22.8 Å². The van der Waals surface area contributed by atoms with Gasteiger partial charge in [0.25, 0.3) is 11.8 Å². The molecule has 5 N–H and O–H groups in total. The number of rotatable bonds is 3. The molecule has 3 aromatic rings. The molecule has 0 spiro atoms. The summed E-state index contributed by atoms with van der Waals surface area (Å²) in [4.78, 5) is 31.6. The number of nitrogens with zero attached hydrogens (tertiary/aromatic N) is 2. The number of aromatic nitrogens is 1. The van der Waals surface area contributed by atoms with Gasteiger partial charge in [-0.3, -0.25) is 9.59 Å². The molecule has 11 heteroatoms. The van der Waals surface area contributed by atoms with Gasteiger partial charge < -0.3 is 16.8 Å². The third-order valence-corrected chi connectivity index (χ3v) is 4.49. The predicted octanol–water partition coefficient (Wildman–Crippen LogP) is 3.82. The quantitative estimate of drug-likeness (QED) is 0.295. The number of alkyl halides is 3. The molecule has 0 unspecified atom stereocenters. The molecule has 0 aliphatic carbocycles. The Hall–Kier alpha value is -4.36. The normalized spacial score (nSPS) is 10.6. The molecule has 0 radical (unpaired) electrons.